The quantitative estimate of drug-likeness (QED) is 0.374. The highest BCUT2D eigenvalue weighted by Crippen LogP contribution is 2.35. The zero-order valence-corrected chi connectivity index (χ0v) is 18.0. The summed E-state index contributed by atoms with van der Waals surface area (Å²) in [6.45, 7) is 6.91. The number of nitrogens with two attached hydrogens (primary N) is 1. The number of nitrogens with zero attached hydrogens (tertiary/aromatic N) is 1. The number of fused-ring (bicyclic) bond motifs is 1. The largest absolute Gasteiger partial charge is 0.399 e. The third-order valence-corrected chi connectivity index (χ3v) is 5.55. The van der Waals surface area contributed by atoms with Gasteiger partial charge in [-0.25, -0.2) is 0 Å². The third-order valence-electron chi connectivity index (χ3n) is 5.55. The maximum atomic E-state index is 12.5. The number of nitrogen functional groups attached to an aromatic ring is 1. The molecule has 5 heteroatoms. The molecule has 1 aliphatic rings. The number of rotatable bonds is 7. The van der Waals surface area contributed by atoms with Gasteiger partial charge < -0.3 is 16.4 Å². The number of allylic oxidation sites excluding steroid dienone is 1. The van der Waals surface area contributed by atoms with Crippen molar-refractivity contribution in [3.05, 3.63) is 95.2 Å². The van der Waals surface area contributed by atoms with Crippen LogP contribution in [0.3, 0.4) is 0 Å². The average molecular weight is 413 g/mol. The third kappa shape index (κ3) is 4.78. The molecule has 0 bridgehead atoms. The second-order valence-corrected chi connectivity index (χ2v) is 7.87. The van der Waals surface area contributed by atoms with E-state index < -0.39 is 0 Å². The molecule has 0 spiro atoms. The minimum atomic E-state index is -0.110. The van der Waals surface area contributed by atoms with E-state index in [2.05, 4.69) is 71.0 Å². The van der Waals surface area contributed by atoms with Gasteiger partial charge in [0.25, 0.3) is 5.91 Å². The summed E-state index contributed by atoms with van der Waals surface area (Å²) in [6, 6.07) is 24.4. The van der Waals surface area contributed by atoms with Gasteiger partial charge in [-0.1, -0.05) is 49.4 Å². The van der Waals surface area contributed by atoms with Crippen LogP contribution in [0.2, 0.25) is 0 Å². The summed E-state index contributed by atoms with van der Waals surface area (Å²) >= 11 is 0. The van der Waals surface area contributed by atoms with Crippen molar-refractivity contribution in [2.24, 2.45) is 0 Å². The standard InChI is InChI=1S/C26H28N4O/c1-3-30(16-19-7-5-4-6-8-19)17-20-9-12-22(13-10-20)28-18(2)25-23-15-21(27)11-14-24(23)29-26(25)31/h4-15,28H,3,16-17,27H2,1-2H3,(H,29,31). The fourth-order valence-electron chi connectivity index (χ4n) is 3.91. The van der Waals surface area contributed by atoms with Crippen molar-refractivity contribution < 1.29 is 4.79 Å². The lowest BCUT2D eigenvalue weighted by molar-refractivity contribution is -0.110. The number of hydrogen-bond donors (Lipinski definition) is 3. The SMILES string of the molecule is CCN(Cc1ccccc1)Cc1ccc(NC(C)=C2C(=O)Nc3ccc(N)cc32)cc1. The molecule has 5 nitrogen and oxygen atoms in total. The summed E-state index contributed by atoms with van der Waals surface area (Å²) in [5.74, 6) is -0.110. The summed E-state index contributed by atoms with van der Waals surface area (Å²) in [4.78, 5) is 14.9. The number of carbonyl (C=O) groups is 1. The van der Waals surface area contributed by atoms with E-state index in [9.17, 15) is 4.79 Å². The average Bonchev–Trinajstić information content (AvgIpc) is 3.10. The lowest BCUT2D eigenvalue weighted by atomic mass is 10.0. The zero-order valence-electron chi connectivity index (χ0n) is 18.0. The van der Waals surface area contributed by atoms with E-state index in [1.165, 1.54) is 11.1 Å². The van der Waals surface area contributed by atoms with Gasteiger partial charge in [0, 0.05) is 41.4 Å². The molecule has 1 amide bonds. The van der Waals surface area contributed by atoms with Crippen LogP contribution in [0.4, 0.5) is 17.1 Å². The molecule has 4 rings (SSSR count). The molecule has 0 saturated carbocycles. The van der Waals surface area contributed by atoms with E-state index in [0.717, 1.165) is 42.3 Å². The Morgan fingerprint density at radius 1 is 0.968 bits per heavy atom. The Morgan fingerprint density at radius 3 is 2.32 bits per heavy atom. The van der Waals surface area contributed by atoms with Gasteiger partial charge in [0.2, 0.25) is 0 Å². The highest BCUT2D eigenvalue weighted by molar-refractivity contribution is 6.32. The lowest BCUT2D eigenvalue weighted by Crippen LogP contribution is -2.22. The first-order valence-corrected chi connectivity index (χ1v) is 10.6. The molecule has 1 heterocycles. The highest BCUT2D eigenvalue weighted by atomic mass is 16.2. The van der Waals surface area contributed by atoms with Gasteiger partial charge in [-0.15, -0.1) is 0 Å². The molecular weight excluding hydrogens is 384 g/mol. The van der Waals surface area contributed by atoms with Gasteiger partial charge in [0.05, 0.1) is 5.57 Å². The predicted octanol–water partition coefficient (Wildman–Crippen LogP) is 5.09. The second kappa shape index (κ2) is 9.06. The van der Waals surface area contributed by atoms with Gasteiger partial charge in [0.1, 0.15) is 0 Å². The van der Waals surface area contributed by atoms with Gasteiger partial charge >= 0.3 is 0 Å². The van der Waals surface area contributed by atoms with Crippen LogP contribution >= 0.6 is 0 Å². The Kier molecular flexibility index (Phi) is 6.05. The molecule has 0 unspecified atom stereocenters. The van der Waals surface area contributed by atoms with Crippen LogP contribution in [-0.2, 0) is 17.9 Å². The van der Waals surface area contributed by atoms with Crippen molar-refractivity contribution in [1.29, 1.82) is 0 Å². The number of carbonyl (C=O) groups excluding carboxylic acids is 1. The number of hydrogen-bond acceptors (Lipinski definition) is 4. The van der Waals surface area contributed by atoms with Crippen LogP contribution in [0.5, 0.6) is 0 Å². The van der Waals surface area contributed by atoms with Crippen LogP contribution in [-0.4, -0.2) is 17.4 Å². The molecular formula is C26H28N4O. The Balaban J connectivity index is 1.46. The molecule has 0 atom stereocenters. The fourth-order valence-corrected chi connectivity index (χ4v) is 3.91. The van der Waals surface area contributed by atoms with Crippen molar-refractivity contribution in [1.82, 2.24) is 4.90 Å². The summed E-state index contributed by atoms with van der Waals surface area (Å²) in [5.41, 5.74) is 13.2. The minimum absolute atomic E-state index is 0.110. The first-order valence-electron chi connectivity index (χ1n) is 10.6. The number of amides is 1. The maximum absolute atomic E-state index is 12.5. The molecule has 3 aromatic rings. The molecule has 3 aromatic carbocycles. The Labute approximate surface area is 183 Å². The van der Waals surface area contributed by atoms with Crippen molar-refractivity contribution in [2.75, 3.05) is 22.9 Å². The molecule has 0 radical (unpaired) electrons. The van der Waals surface area contributed by atoms with Crippen molar-refractivity contribution in [3.8, 4) is 0 Å². The smallest absolute Gasteiger partial charge is 0.258 e. The molecule has 0 saturated heterocycles. The minimum Gasteiger partial charge on any atom is -0.399 e. The number of benzene rings is 3. The van der Waals surface area contributed by atoms with Crippen molar-refractivity contribution in [3.63, 3.8) is 0 Å². The normalized spacial score (nSPS) is 14.4. The van der Waals surface area contributed by atoms with E-state index in [0.29, 0.717) is 11.3 Å². The van der Waals surface area contributed by atoms with E-state index in [-0.39, 0.29) is 5.91 Å². The Morgan fingerprint density at radius 2 is 1.65 bits per heavy atom. The molecule has 158 valence electrons. The van der Waals surface area contributed by atoms with Crippen LogP contribution in [0.25, 0.3) is 5.57 Å². The molecule has 0 aromatic heterocycles. The first kappa shape index (κ1) is 20.7. The molecule has 0 aliphatic carbocycles. The van der Waals surface area contributed by atoms with E-state index in [1.54, 1.807) is 6.07 Å². The summed E-state index contributed by atoms with van der Waals surface area (Å²) in [5, 5.41) is 6.27. The topological polar surface area (TPSA) is 70.4 Å². The summed E-state index contributed by atoms with van der Waals surface area (Å²) in [6.07, 6.45) is 0. The number of anilines is 3. The zero-order chi connectivity index (χ0) is 21.8. The van der Waals surface area contributed by atoms with Crippen LogP contribution in [0.1, 0.15) is 30.5 Å². The summed E-state index contributed by atoms with van der Waals surface area (Å²) in [7, 11) is 0. The van der Waals surface area contributed by atoms with Crippen molar-refractivity contribution in [2.45, 2.75) is 26.9 Å². The molecule has 0 fully saturated rings. The first-order chi connectivity index (χ1) is 15.0. The number of nitrogens with one attached hydrogen (secondary N) is 2. The monoisotopic (exact) mass is 412 g/mol. The molecule has 4 N–H and O–H groups in total. The maximum Gasteiger partial charge on any atom is 0.258 e. The summed E-state index contributed by atoms with van der Waals surface area (Å²) < 4.78 is 0. The van der Waals surface area contributed by atoms with Crippen LogP contribution < -0.4 is 16.4 Å². The lowest BCUT2D eigenvalue weighted by Gasteiger charge is -2.21. The molecule has 31 heavy (non-hydrogen) atoms. The van der Waals surface area contributed by atoms with E-state index >= 15 is 0 Å². The molecule has 1 aliphatic heterocycles. The Bertz CT molecular complexity index is 1100. The second-order valence-electron chi connectivity index (χ2n) is 7.87. The fraction of sp³-hybridized carbons (Fsp3) is 0.192. The highest BCUT2D eigenvalue weighted by Gasteiger charge is 2.26. The van der Waals surface area contributed by atoms with Gasteiger partial charge in [-0.05, 0) is 54.9 Å². The van der Waals surface area contributed by atoms with E-state index in [4.69, 9.17) is 5.73 Å². The van der Waals surface area contributed by atoms with Gasteiger partial charge in [-0.2, -0.15) is 0 Å². The van der Waals surface area contributed by atoms with Gasteiger partial charge in [-0.3, -0.25) is 9.69 Å². The van der Waals surface area contributed by atoms with Crippen LogP contribution in [0.15, 0.2) is 78.5 Å². The van der Waals surface area contributed by atoms with Crippen molar-refractivity contribution >= 4 is 28.5 Å². The predicted molar refractivity (Wildman–Crippen MR) is 128 cm³/mol. The van der Waals surface area contributed by atoms with Gasteiger partial charge in [0.15, 0.2) is 0 Å². The Hall–Kier alpha value is -3.57. The van der Waals surface area contributed by atoms with E-state index in [1.807, 2.05) is 25.1 Å². The van der Waals surface area contributed by atoms with Crippen LogP contribution in [0, 0.1) is 0 Å².